The first-order valence-corrected chi connectivity index (χ1v) is 5.82. The molecule has 1 aliphatic rings. The maximum Gasteiger partial charge on any atom is 0.347 e. The van der Waals surface area contributed by atoms with Crippen molar-refractivity contribution in [2.24, 2.45) is 5.73 Å². The van der Waals surface area contributed by atoms with Gasteiger partial charge in [-0.3, -0.25) is 0 Å². The van der Waals surface area contributed by atoms with Crippen LogP contribution in [0.3, 0.4) is 0 Å². The molecule has 1 aromatic rings. The van der Waals surface area contributed by atoms with E-state index < -0.39 is 6.10 Å². The SMILES string of the molecule is NCc1cc(Br)ccc1OC1CCOC1=O. The Balaban J connectivity index is 2.17. The van der Waals surface area contributed by atoms with Gasteiger partial charge in [0.1, 0.15) is 5.75 Å². The van der Waals surface area contributed by atoms with E-state index in [2.05, 4.69) is 15.9 Å². The Morgan fingerprint density at radius 2 is 2.38 bits per heavy atom. The largest absolute Gasteiger partial charge is 0.478 e. The third-order valence-corrected chi connectivity index (χ3v) is 2.89. The van der Waals surface area contributed by atoms with Crippen LogP contribution in [-0.2, 0) is 16.1 Å². The zero-order valence-electron chi connectivity index (χ0n) is 8.61. The van der Waals surface area contributed by atoms with Crippen molar-refractivity contribution < 1.29 is 14.3 Å². The maximum absolute atomic E-state index is 11.3. The summed E-state index contributed by atoms with van der Waals surface area (Å²) < 4.78 is 11.4. The third kappa shape index (κ3) is 2.36. The molecule has 1 heterocycles. The number of hydrogen-bond donors (Lipinski definition) is 1. The second kappa shape index (κ2) is 4.84. The van der Waals surface area contributed by atoms with Crippen molar-refractivity contribution in [3.05, 3.63) is 28.2 Å². The minimum absolute atomic E-state index is 0.300. The first kappa shape index (κ1) is 11.4. The standard InChI is InChI=1S/C11H12BrNO3/c12-8-1-2-9(7(5-8)6-13)16-10-3-4-15-11(10)14/h1-2,5,10H,3-4,6,13H2. The van der Waals surface area contributed by atoms with Crippen LogP contribution in [0.4, 0.5) is 0 Å². The molecular weight excluding hydrogens is 274 g/mol. The second-order valence-electron chi connectivity index (χ2n) is 3.52. The molecule has 0 aromatic heterocycles. The van der Waals surface area contributed by atoms with Gasteiger partial charge >= 0.3 is 5.97 Å². The molecule has 1 aromatic carbocycles. The summed E-state index contributed by atoms with van der Waals surface area (Å²) in [6.45, 7) is 0.800. The topological polar surface area (TPSA) is 61.6 Å². The number of rotatable bonds is 3. The number of ether oxygens (including phenoxy) is 2. The number of carbonyl (C=O) groups is 1. The van der Waals surface area contributed by atoms with E-state index in [0.29, 0.717) is 25.3 Å². The third-order valence-electron chi connectivity index (χ3n) is 2.40. The first-order valence-electron chi connectivity index (χ1n) is 5.02. The van der Waals surface area contributed by atoms with Gasteiger partial charge in [0, 0.05) is 23.0 Å². The zero-order valence-corrected chi connectivity index (χ0v) is 10.2. The Bertz CT molecular complexity index is 408. The molecule has 2 rings (SSSR count). The summed E-state index contributed by atoms with van der Waals surface area (Å²) in [5, 5.41) is 0. The quantitative estimate of drug-likeness (QED) is 0.857. The Morgan fingerprint density at radius 3 is 3.00 bits per heavy atom. The normalized spacial score (nSPS) is 19.6. The van der Waals surface area contributed by atoms with E-state index in [1.54, 1.807) is 6.07 Å². The summed E-state index contributed by atoms with van der Waals surface area (Å²) in [6, 6.07) is 5.54. The molecule has 16 heavy (non-hydrogen) atoms. The number of hydrogen-bond acceptors (Lipinski definition) is 4. The molecule has 1 unspecified atom stereocenters. The molecule has 0 aliphatic carbocycles. The summed E-state index contributed by atoms with van der Waals surface area (Å²) in [4.78, 5) is 11.3. The molecule has 0 radical (unpaired) electrons. The predicted molar refractivity (Wildman–Crippen MR) is 62.0 cm³/mol. The minimum atomic E-state index is -0.494. The molecule has 2 N–H and O–H groups in total. The van der Waals surface area contributed by atoms with Gasteiger partial charge in [-0.05, 0) is 18.2 Å². The summed E-state index contributed by atoms with van der Waals surface area (Å²) in [6.07, 6.45) is 0.102. The van der Waals surface area contributed by atoms with Gasteiger partial charge in [-0.25, -0.2) is 4.79 Å². The lowest BCUT2D eigenvalue weighted by Crippen LogP contribution is -2.22. The molecule has 86 valence electrons. The van der Waals surface area contributed by atoms with E-state index in [-0.39, 0.29) is 5.97 Å². The van der Waals surface area contributed by atoms with Crippen LogP contribution in [0.15, 0.2) is 22.7 Å². The zero-order chi connectivity index (χ0) is 11.5. The van der Waals surface area contributed by atoms with Crippen molar-refractivity contribution in [1.82, 2.24) is 0 Å². The van der Waals surface area contributed by atoms with Crippen molar-refractivity contribution in [2.75, 3.05) is 6.61 Å². The molecule has 5 heteroatoms. The van der Waals surface area contributed by atoms with E-state index in [9.17, 15) is 4.79 Å². The van der Waals surface area contributed by atoms with Crippen LogP contribution >= 0.6 is 15.9 Å². The number of halogens is 1. The van der Waals surface area contributed by atoms with Gasteiger partial charge < -0.3 is 15.2 Å². The highest BCUT2D eigenvalue weighted by Crippen LogP contribution is 2.25. The highest BCUT2D eigenvalue weighted by Gasteiger charge is 2.28. The predicted octanol–water partition coefficient (Wildman–Crippen LogP) is 1.60. The fourth-order valence-electron chi connectivity index (χ4n) is 1.56. The van der Waals surface area contributed by atoms with E-state index >= 15 is 0 Å². The lowest BCUT2D eigenvalue weighted by molar-refractivity contribution is -0.143. The van der Waals surface area contributed by atoms with Crippen LogP contribution in [0, 0.1) is 0 Å². The number of carbonyl (C=O) groups excluding carboxylic acids is 1. The van der Waals surface area contributed by atoms with Gasteiger partial charge in [-0.15, -0.1) is 0 Å². The average Bonchev–Trinajstić information content (AvgIpc) is 2.67. The molecule has 0 saturated carbocycles. The summed E-state index contributed by atoms with van der Waals surface area (Å²) in [5.41, 5.74) is 6.48. The maximum atomic E-state index is 11.3. The van der Waals surface area contributed by atoms with Gasteiger partial charge in [0.15, 0.2) is 6.10 Å². The molecular formula is C11H12BrNO3. The van der Waals surface area contributed by atoms with Gasteiger partial charge in [0.25, 0.3) is 0 Å². The van der Waals surface area contributed by atoms with Crippen LogP contribution in [0.25, 0.3) is 0 Å². The van der Waals surface area contributed by atoms with E-state index in [4.69, 9.17) is 15.2 Å². The fraction of sp³-hybridized carbons (Fsp3) is 0.364. The van der Waals surface area contributed by atoms with Gasteiger partial charge in [-0.2, -0.15) is 0 Å². The average molecular weight is 286 g/mol. The molecule has 1 fully saturated rings. The summed E-state index contributed by atoms with van der Waals surface area (Å²) in [5.74, 6) is 0.348. The van der Waals surface area contributed by atoms with E-state index in [1.807, 2.05) is 12.1 Å². The number of nitrogens with two attached hydrogens (primary N) is 1. The van der Waals surface area contributed by atoms with Gasteiger partial charge in [0.05, 0.1) is 6.61 Å². The second-order valence-corrected chi connectivity index (χ2v) is 4.43. The van der Waals surface area contributed by atoms with Crippen molar-refractivity contribution in [1.29, 1.82) is 0 Å². The lowest BCUT2D eigenvalue weighted by Gasteiger charge is -2.13. The van der Waals surface area contributed by atoms with Crippen molar-refractivity contribution in [3.8, 4) is 5.75 Å². The molecule has 0 bridgehead atoms. The summed E-state index contributed by atoms with van der Waals surface area (Å²) in [7, 11) is 0. The Hall–Kier alpha value is -1.07. The Labute approximate surface area is 102 Å². The lowest BCUT2D eigenvalue weighted by atomic mass is 10.2. The number of cyclic esters (lactones) is 1. The van der Waals surface area contributed by atoms with E-state index in [0.717, 1.165) is 10.0 Å². The van der Waals surface area contributed by atoms with Crippen LogP contribution < -0.4 is 10.5 Å². The Morgan fingerprint density at radius 1 is 1.56 bits per heavy atom. The van der Waals surface area contributed by atoms with Crippen LogP contribution in [0.5, 0.6) is 5.75 Å². The molecule has 1 atom stereocenters. The fourth-order valence-corrected chi connectivity index (χ4v) is 1.97. The van der Waals surface area contributed by atoms with Crippen LogP contribution in [0.1, 0.15) is 12.0 Å². The monoisotopic (exact) mass is 285 g/mol. The van der Waals surface area contributed by atoms with Crippen molar-refractivity contribution in [2.45, 2.75) is 19.1 Å². The number of benzene rings is 1. The molecule has 1 aliphatic heterocycles. The van der Waals surface area contributed by atoms with E-state index in [1.165, 1.54) is 0 Å². The van der Waals surface area contributed by atoms with Crippen molar-refractivity contribution in [3.63, 3.8) is 0 Å². The molecule has 1 saturated heterocycles. The smallest absolute Gasteiger partial charge is 0.347 e. The molecule has 4 nitrogen and oxygen atoms in total. The highest BCUT2D eigenvalue weighted by atomic mass is 79.9. The minimum Gasteiger partial charge on any atom is -0.478 e. The molecule has 0 spiro atoms. The van der Waals surface area contributed by atoms with Gasteiger partial charge in [-0.1, -0.05) is 15.9 Å². The van der Waals surface area contributed by atoms with Gasteiger partial charge in [0.2, 0.25) is 0 Å². The van der Waals surface area contributed by atoms with Crippen LogP contribution in [-0.4, -0.2) is 18.7 Å². The van der Waals surface area contributed by atoms with Crippen molar-refractivity contribution >= 4 is 21.9 Å². The first-order chi connectivity index (χ1) is 7.70. The Kier molecular flexibility index (Phi) is 3.46. The summed E-state index contributed by atoms with van der Waals surface area (Å²) >= 11 is 3.36. The van der Waals surface area contributed by atoms with Crippen LogP contribution in [0.2, 0.25) is 0 Å². The molecule has 0 amide bonds. The highest BCUT2D eigenvalue weighted by molar-refractivity contribution is 9.10. The number of esters is 1.